The first kappa shape index (κ1) is 17.4. The van der Waals surface area contributed by atoms with E-state index < -0.39 is 29.2 Å². The summed E-state index contributed by atoms with van der Waals surface area (Å²) in [5.41, 5.74) is -3.00. The van der Waals surface area contributed by atoms with Crippen LogP contribution in [-0.4, -0.2) is 12.7 Å². The van der Waals surface area contributed by atoms with E-state index in [9.17, 15) is 26.3 Å². The van der Waals surface area contributed by atoms with Crippen LogP contribution >= 0.6 is 12.0 Å². The molecule has 0 aliphatic heterocycles. The van der Waals surface area contributed by atoms with Gasteiger partial charge in [-0.15, -0.1) is 0 Å². The van der Waals surface area contributed by atoms with Gasteiger partial charge in [-0.1, -0.05) is 4.33 Å². The molecule has 118 valence electrons. The highest BCUT2D eigenvalue weighted by molar-refractivity contribution is 7.93. The number of halogens is 6. The molecule has 1 rings (SSSR count). The van der Waals surface area contributed by atoms with Crippen molar-refractivity contribution in [2.45, 2.75) is 12.4 Å². The minimum Gasteiger partial charge on any atom is -0.442 e. The molecule has 4 nitrogen and oxygen atoms in total. The number of hydrogen-bond donors (Lipinski definition) is 0. The number of hydrogen-bond acceptors (Lipinski definition) is 5. The molecule has 0 aromatic heterocycles. The van der Waals surface area contributed by atoms with Crippen molar-refractivity contribution >= 4 is 18.4 Å². The lowest BCUT2D eigenvalue weighted by Crippen LogP contribution is -2.11. The zero-order valence-electron chi connectivity index (χ0n) is 10.2. The van der Waals surface area contributed by atoms with Gasteiger partial charge in [0.1, 0.15) is 5.75 Å². The Morgan fingerprint density at radius 2 is 1.52 bits per heavy atom. The fraction of sp³-hybridized carbons (Fsp3) is 0.300. The standard InChI is InChI=1S/C10H7F6NO3S/c1-21-20-19-17-5-18-8-3-6(9(11,12)13)2-7(4-8)10(14,15)16/h2-5H,1H3/b17-5+. The van der Waals surface area contributed by atoms with E-state index in [2.05, 4.69) is 19.2 Å². The summed E-state index contributed by atoms with van der Waals surface area (Å²) in [5.74, 6) is -0.700. The topological polar surface area (TPSA) is 40.0 Å². The largest absolute Gasteiger partial charge is 0.442 e. The van der Waals surface area contributed by atoms with E-state index in [0.29, 0.717) is 18.5 Å². The van der Waals surface area contributed by atoms with Gasteiger partial charge in [0.15, 0.2) is 0 Å². The van der Waals surface area contributed by atoms with Crippen molar-refractivity contribution < 1.29 is 40.4 Å². The molecule has 0 aliphatic carbocycles. The van der Waals surface area contributed by atoms with E-state index in [-0.39, 0.29) is 6.07 Å². The average Bonchev–Trinajstić information content (AvgIpc) is 2.36. The fourth-order valence-corrected chi connectivity index (χ4v) is 1.24. The highest BCUT2D eigenvalue weighted by Crippen LogP contribution is 2.38. The minimum atomic E-state index is -4.95. The van der Waals surface area contributed by atoms with Gasteiger partial charge in [-0.2, -0.15) is 26.3 Å². The van der Waals surface area contributed by atoms with Crippen molar-refractivity contribution in [3.63, 3.8) is 0 Å². The Kier molecular flexibility index (Phi) is 5.72. The number of alkyl halides is 6. The molecule has 0 fully saturated rings. The first-order chi connectivity index (χ1) is 9.64. The average molecular weight is 335 g/mol. The first-order valence-electron chi connectivity index (χ1n) is 4.99. The summed E-state index contributed by atoms with van der Waals surface area (Å²) in [6.07, 6.45) is -7.92. The van der Waals surface area contributed by atoms with Gasteiger partial charge >= 0.3 is 12.4 Å². The van der Waals surface area contributed by atoms with E-state index in [1.807, 2.05) is 0 Å². The van der Waals surface area contributed by atoms with Crippen molar-refractivity contribution in [1.29, 1.82) is 0 Å². The summed E-state index contributed by atoms with van der Waals surface area (Å²) < 4.78 is 83.8. The van der Waals surface area contributed by atoms with Gasteiger partial charge in [-0.25, -0.2) is 4.99 Å². The van der Waals surface area contributed by atoms with Crippen LogP contribution in [0.1, 0.15) is 11.1 Å². The van der Waals surface area contributed by atoms with Crippen molar-refractivity contribution in [2.24, 2.45) is 5.16 Å². The Morgan fingerprint density at radius 1 is 1.00 bits per heavy atom. The molecule has 11 heteroatoms. The summed E-state index contributed by atoms with van der Waals surface area (Å²) in [6.45, 7) is 0. The summed E-state index contributed by atoms with van der Waals surface area (Å²) >= 11 is 0.770. The SMILES string of the molecule is CSOO/N=C/Oc1cc(C(F)(F)F)cc(C(F)(F)F)c1. The van der Waals surface area contributed by atoms with Crippen LogP contribution in [0.4, 0.5) is 26.3 Å². The first-order valence-corrected chi connectivity index (χ1v) is 6.14. The van der Waals surface area contributed by atoms with Crippen LogP contribution in [0.2, 0.25) is 0 Å². The molecule has 0 N–H and O–H groups in total. The molecule has 0 unspecified atom stereocenters. The molecular formula is C10H7F6NO3S. The fourth-order valence-electron chi connectivity index (χ4n) is 1.14. The Balaban J connectivity index is 3.00. The molecule has 0 amide bonds. The molecule has 0 radical (unpaired) electrons. The van der Waals surface area contributed by atoms with Crippen LogP contribution in [0.5, 0.6) is 5.75 Å². The number of rotatable bonds is 5. The van der Waals surface area contributed by atoms with Gasteiger partial charge in [0.05, 0.1) is 11.1 Å². The van der Waals surface area contributed by atoms with Gasteiger partial charge in [-0.05, 0) is 23.4 Å². The molecule has 1 aromatic rings. The van der Waals surface area contributed by atoms with E-state index in [4.69, 9.17) is 0 Å². The van der Waals surface area contributed by atoms with Gasteiger partial charge in [0, 0.05) is 18.3 Å². The van der Waals surface area contributed by atoms with E-state index in [1.54, 1.807) is 0 Å². The number of oxime groups is 1. The van der Waals surface area contributed by atoms with Crippen LogP contribution in [0.3, 0.4) is 0 Å². The van der Waals surface area contributed by atoms with Crippen LogP contribution in [0, 0.1) is 0 Å². The van der Waals surface area contributed by atoms with Gasteiger partial charge in [0.25, 0.3) is 0 Å². The molecule has 0 saturated carbocycles. The quantitative estimate of drug-likeness (QED) is 0.153. The number of benzene rings is 1. The van der Waals surface area contributed by atoms with Gasteiger partial charge in [0.2, 0.25) is 6.40 Å². The second-order valence-electron chi connectivity index (χ2n) is 3.38. The third-order valence-corrected chi connectivity index (χ3v) is 2.13. The highest BCUT2D eigenvalue weighted by Gasteiger charge is 2.37. The van der Waals surface area contributed by atoms with Crippen LogP contribution in [0.25, 0.3) is 0 Å². The van der Waals surface area contributed by atoms with Crippen molar-refractivity contribution in [3.05, 3.63) is 29.3 Å². The molecule has 0 saturated heterocycles. The summed E-state index contributed by atoms with van der Waals surface area (Å²) in [5, 5.41) is 2.99. The summed E-state index contributed by atoms with van der Waals surface area (Å²) in [6, 6.07) is 0.782. The molecular weight excluding hydrogens is 328 g/mol. The second-order valence-corrected chi connectivity index (χ2v) is 3.85. The van der Waals surface area contributed by atoms with E-state index in [0.717, 1.165) is 12.0 Å². The lowest BCUT2D eigenvalue weighted by atomic mass is 10.1. The summed E-state index contributed by atoms with van der Waals surface area (Å²) in [7, 11) is 0. The molecule has 0 heterocycles. The van der Waals surface area contributed by atoms with E-state index >= 15 is 0 Å². The lowest BCUT2D eigenvalue weighted by molar-refractivity contribution is -0.190. The molecule has 0 aliphatic rings. The monoisotopic (exact) mass is 335 g/mol. The summed E-state index contributed by atoms with van der Waals surface area (Å²) in [4.78, 5) is 4.06. The highest BCUT2D eigenvalue weighted by atomic mass is 32.2. The number of nitrogens with zero attached hydrogens (tertiary/aromatic N) is 1. The molecule has 0 spiro atoms. The zero-order chi connectivity index (χ0) is 16.1. The lowest BCUT2D eigenvalue weighted by Gasteiger charge is -2.13. The van der Waals surface area contributed by atoms with Crippen molar-refractivity contribution in [3.8, 4) is 5.75 Å². The molecule has 21 heavy (non-hydrogen) atoms. The van der Waals surface area contributed by atoms with Gasteiger partial charge < -0.3 is 4.74 Å². The predicted octanol–water partition coefficient (Wildman–Crippen LogP) is 4.27. The predicted molar refractivity (Wildman–Crippen MR) is 61.3 cm³/mol. The molecule has 0 bridgehead atoms. The van der Waals surface area contributed by atoms with Crippen LogP contribution in [-0.2, 0) is 21.7 Å². The maximum absolute atomic E-state index is 12.5. The molecule has 1 aromatic carbocycles. The van der Waals surface area contributed by atoms with Crippen molar-refractivity contribution in [2.75, 3.05) is 6.26 Å². The van der Waals surface area contributed by atoms with Crippen LogP contribution < -0.4 is 4.74 Å². The zero-order valence-corrected chi connectivity index (χ0v) is 11.0. The van der Waals surface area contributed by atoms with Gasteiger partial charge in [-0.3, -0.25) is 0 Å². The second kappa shape index (κ2) is 6.89. The smallest absolute Gasteiger partial charge is 0.416 e. The van der Waals surface area contributed by atoms with Crippen molar-refractivity contribution in [1.82, 2.24) is 0 Å². The normalized spacial score (nSPS) is 12.7. The Hall–Kier alpha value is -1.62. The maximum atomic E-state index is 12.5. The Morgan fingerprint density at radius 3 is 1.95 bits per heavy atom. The third kappa shape index (κ3) is 5.71. The van der Waals surface area contributed by atoms with Crippen LogP contribution in [0.15, 0.2) is 23.4 Å². The number of ether oxygens (including phenoxy) is 1. The van der Waals surface area contributed by atoms with E-state index in [1.165, 1.54) is 6.26 Å². The molecule has 0 atom stereocenters. The Bertz CT molecular complexity index is 470. The Labute approximate surface area is 118 Å². The minimum absolute atomic E-state index is 0.0165. The third-order valence-electron chi connectivity index (χ3n) is 1.93. The maximum Gasteiger partial charge on any atom is 0.416 e.